The number of carbonyl (C=O) groups is 1. The van der Waals surface area contributed by atoms with Crippen LogP contribution in [0.25, 0.3) is 0 Å². The number of hydrogen-bond acceptors (Lipinski definition) is 6. The van der Waals surface area contributed by atoms with Crippen LogP contribution in [-0.4, -0.2) is 42.6 Å². The summed E-state index contributed by atoms with van der Waals surface area (Å²) in [6, 6.07) is 3.21. The summed E-state index contributed by atoms with van der Waals surface area (Å²) in [5.74, 6) is 0.718. The highest BCUT2D eigenvalue weighted by molar-refractivity contribution is 8.00. The largest absolute Gasteiger partial charge is 0.384 e. The van der Waals surface area contributed by atoms with Gasteiger partial charge >= 0.3 is 0 Å². The van der Waals surface area contributed by atoms with E-state index in [1.165, 1.54) is 11.8 Å². The third-order valence-corrected chi connectivity index (χ3v) is 5.48. The van der Waals surface area contributed by atoms with Gasteiger partial charge in [0.25, 0.3) is 0 Å². The lowest BCUT2D eigenvalue weighted by molar-refractivity contribution is -0.119. The van der Waals surface area contributed by atoms with Gasteiger partial charge < -0.3 is 11.1 Å². The van der Waals surface area contributed by atoms with Gasteiger partial charge in [-0.05, 0) is 18.6 Å². The van der Waals surface area contributed by atoms with Crippen LogP contribution in [0.5, 0.6) is 0 Å². The van der Waals surface area contributed by atoms with Crippen molar-refractivity contribution in [1.29, 1.82) is 0 Å². The Hall–Kier alpha value is -1.28. The lowest BCUT2D eigenvalue weighted by Crippen LogP contribution is -2.36. The van der Waals surface area contributed by atoms with Crippen molar-refractivity contribution in [3.8, 4) is 0 Å². The summed E-state index contributed by atoms with van der Waals surface area (Å²) < 4.78 is 22.5. The molecule has 1 atom stereocenters. The highest BCUT2D eigenvalue weighted by Gasteiger charge is 2.28. The standard InChI is InChI=1S/C11H15N3O3S2/c12-10-2-1-9(5-13-10)18-6-11(15)14-8-3-4-19(16,17)7-8/h1-2,5,8H,3-4,6-7H2,(H2,12,13)(H,14,15). The molecule has 0 saturated carbocycles. The molecule has 1 aromatic heterocycles. The maximum atomic E-state index is 11.7. The number of nitrogens with zero attached hydrogens (tertiary/aromatic N) is 1. The molecular formula is C11H15N3O3S2. The van der Waals surface area contributed by atoms with Crippen LogP contribution >= 0.6 is 11.8 Å². The van der Waals surface area contributed by atoms with Gasteiger partial charge in [0.05, 0.1) is 17.3 Å². The molecule has 0 aromatic carbocycles. The van der Waals surface area contributed by atoms with Crippen molar-refractivity contribution >= 4 is 33.3 Å². The maximum Gasteiger partial charge on any atom is 0.230 e. The number of hydrogen-bond donors (Lipinski definition) is 2. The Morgan fingerprint density at radius 3 is 2.89 bits per heavy atom. The number of rotatable bonds is 4. The first kappa shape index (κ1) is 14.1. The highest BCUT2D eigenvalue weighted by Crippen LogP contribution is 2.17. The normalized spacial score (nSPS) is 21.2. The average molecular weight is 301 g/mol. The van der Waals surface area contributed by atoms with Crippen LogP contribution in [0.1, 0.15) is 6.42 Å². The van der Waals surface area contributed by atoms with Gasteiger partial charge in [0.1, 0.15) is 5.82 Å². The van der Waals surface area contributed by atoms with E-state index < -0.39 is 9.84 Å². The van der Waals surface area contributed by atoms with Crippen LogP contribution in [0, 0.1) is 0 Å². The number of nitrogens with one attached hydrogen (secondary N) is 1. The molecule has 3 N–H and O–H groups in total. The fourth-order valence-corrected chi connectivity index (χ4v) is 4.15. The van der Waals surface area contributed by atoms with Crippen molar-refractivity contribution in [2.75, 3.05) is 23.0 Å². The topological polar surface area (TPSA) is 102 Å². The Morgan fingerprint density at radius 2 is 2.32 bits per heavy atom. The van der Waals surface area contributed by atoms with Crippen molar-refractivity contribution < 1.29 is 13.2 Å². The molecule has 0 aliphatic carbocycles. The Morgan fingerprint density at radius 1 is 1.53 bits per heavy atom. The molecule has 0 bridgehead atoms. The lowest BCUT2D eigenvalue weighted by Gasteiger charge is -2.10. The van der Waals surface area contributed by atoms with E-state index in [1.54, 1.807) is 18.3 Å². The van der Waals surface area contributed by atoms with Crippen LogP contribution in [0.4, 0.5) is 5.82 Å². The summed E-state index contributed by atoms with van der Waals surface area (Å²) in [7, 11) is -2.96. The summed E-state index contributed by atoms with van der Waals surface area (Å²) in [5.41, 5.74) is 5.46. The summed E-state index contributed by atoms with van der Waals surface area (Å²) in [4.78, 5) is 16.5. The van der Waals surface area contributed by atoms with Gasteiger partial charge in [0.15, 0.2) is 9.84 Å². The molecule has 1 saturated heterocycles. The second-order valence-corrected chi connectivity index (χ2v) is 7.65. The molecule has 0 radical (unpaired) electrons. The molecule has 2 heterocycles. The number of sulfone groups is 1. The van der Waals surface area contributed by atoms with E-state index in [0.29, 0.717) is 12.2 Å². The van der Waals surface area contributed by atoms with Gasteiger partial charge in [0.2, 0.25) is 5.91 Å². The molecule has 1 aromatic rings. The Bertz CT molecular complexity index is 557. The van der Waals surface area contributed by atoms with Crippen molar-refractivity contribution in [3.05, 3.63) is 18.3 Å². The quantitative estimate of drug-likeness (QED) is 0.762. The van der Waals surface area contributed by atoms with Gasteiger partial charge in [-0.3, -0.25) is 4.79 Å². The maximum absolute atomic E-state index is 11.7. The second kappa shape index (κ2) is 5.79. The predicted molar refractivity (Wildman–Crippen MR) is 74.6 cm³/mol. The summed E-state index contributed by atoms with van der Waals surface area (Å²) in [5, 5.41) is 2.73. The van der Waals surface area contributed by atoms with Crippen LogP contribution in [0.3, 0.4) is 0 Å². The molecular weight excluding hydrogens is 286 g/mol. The van der Waals surface area contributed by atoms with E-state index in [4.69, 9.17) is 5.73 Å². The first-order valence-electron chi connectivity index (χ1n) is 5.79. The van der Waals surface area contributed by atoms with Gasteiger partial charge in [-0.1, -0.05) is 0 Å². The number of thioether (sulfide) groups is 1. The zero-order chi connectivity index (χ0) is 13.9. The molecule has 8 heteroatoms. The number of aromatic nitrogens is 1. The number of nitrogens with two attached hydrogens (primary N) is 1. The van der Waals surface area contributed by atoms with E-state index >= 15 is 0 Å². The molecule has 0 spiro atoms. The van der Waals surface area contributed by atoms with Crippen molar-refractivity contribution in [2.45, 2.75) is 17.4 Å². The smallest absolute Gasteiger partial charge is 0.230 e. The predicted octanol–water partition coefficient (Wildman–Crippen LogP) is 0.0592. The third kappa shape index (κ3) is 4.39. The van der Waals surface area contributed by atoms with Gasteiger partial charge in [-0.15, -0.1) is 11.8 Å². The van der Waals surface area contributed by atoms with E-state index in [0.717, 1.165) is 4.90 Å². The number of nitrogen functional groups attached to an aromatic ring is 1. The van der Waals surface area contributed by atoms with Crippen molar-refractivity contribution in [1.82, 2.24) is 10.3 Å². The minimum absolute atomic E-state index is 0.0484. The number of anilines is 1. The van der Waals surface area contributed by atoms with Crippen LogP contribution < -0.4 is 11.1 Å². The lowest BCUT2D eigenvalue weighted by atomic mass is 10.3. The van der Waals surface area contributed by atoms with Gasteiger partial charge in [-0.25, -0.2) is 13.4 Å². The van der Waals surface area contributed by atoms with E-state index in [-0.39, 0.29) is 29.2 Å². The van der Waals surface area contributed by atoms with E-state index in [9.17, 15) is 13.2 Å². The molecule has 6 nitrogen and oxygen atoms in total. The Balaban J connectivity index is 1.77. The fraction of sp³-hybridized carbons (Fsp3) is 0.455. The van der Waals surface area contributed by atoms with Crippen LogP contribution in [0.2, 0.25) is 0 Å². The molecule has 104 valence electrons. The van der Waals surface area contributed by atoms with Crippen LogP contribution in [0.15, 0.2) is 23.2 Å². The van der Waals surface area contributed by atoms with E-state index in [2.05, 4.69) is 10.3 Å². The van der Waals surface area contributed by atoms with Gasteiger partial charge in [0, 0.05) is 17.1 Å². The van der Waals surface area contributed by atoms with Crippen molar-refractivity contribution in [2.24, 2.45) is 0 Å². The molecule has 1 aliphatic rings. The zero-order valence-electron chi connectivity index (χ0n) is 10.2. The first-order chi connectivity index (χ1) is 8.94. The summed E-state index contributed by atoms with van der Waals surface area (Å²) in [6.07, 6.45) is 2.11. The van der Waals surface area contributed by atoms with Gasteiger partial charge in [-0.2, -0.15) is 0 Å². The minimum Gasteiger partial charge on any atom is -0.384 e. The average Bonchev–Trinajstić information content (AvgIpc) is 2.68. The number of carbonyl (C=O) groups excluding carboxylic acids is 1. The summed E-state index contributed by atoms with van der Waals surface area (Å²) >= 11 is 1.34. The Labute approximate surface area is 116 Å². The minimum atomic E-state index is -2.96. The van der Waals surface area contributed by atoms with Crippen molar-refractivity contribution in [3.63, 3.8) is 0 Å². The second-order valence-electron chi connectivity index (χ2n) is 4.37. The zero-order valence-corrected chi connectivity index (χ0v) is 11.8. The molecule has 1 fully saturated rings. The monoisotopic (exact) mass is 301 g/mol. The number of pyridine rings is 1. The molecule has 1 amide bonds. The van der Waals surface area contributed by atoms with Crippen LogP contribution in [-0.2, 0) is 14.6 Å². The number of amides is 1. The fourth-order valence-electron chi connectivity index (χ4n) is 1.80. The highest BCUT2D eigenvalue weighted by atomic mass is 32.2. The first-order valence-corrected chi connectivity index (χ1v) is 8.59. The summed E-state index contributed by atoms with van der Waals surface area (Å²) in [6.45, 7) is 0. The molecule has 19 heavy (non-hydrogen) atoms. The van der Waals surface area contributed by atoms with E-state index in [1.807, 2.05) is 0 Å². The molecule has 2 rings (SSSR count). The molecule has 1 unspecified atom stereocenters. The SMILES string of the molecule is Nc1ccc(SCC(=O)NC2CCS(=O)(=O)C2)cn1. The Kier molecular flexibility index (Phi) is 4.31. The molecule has 1 aliphatic heterocycles. The third-order valence-electron chi connectivity index (χ3n) is 2.73.